The van der Waals surface area contributed by atoms with Crippen molar-refractivity contribution in [3.05, 3.63) is 89.5 Å². The van der Waals surface area contributed by atoms with E-state index in [1.165, 1.54) is 31.4 Å². The molecule has 0 radical (unpaired) electrons. The maximum Gasteiger partial charge on any atom is 0.416 e. The first kappa shape index (κ1) is 26.6. The van der Waals surface area contributed by atoms with E-state index in [0.717, 1.165) is 41.5 Å². The fourth-order valence-electron chi connectivity index (χ4n) is 4.24. The number of hydrogen-bond donors (Lipinski definition) is 0. The quantitative estimate of drug-likeness (QED) is 0.150. The van der Waals surface area contributed by atoms with Gasteiger partial charge in [0.05, 0.1) is 24.6 Å². The minimum atomic E-state index is -4.36. The molecule has 0 atom stereocenters. The van der Waals surface area contributed by atoms with E-state index in [2.05, 4.69) is 16.9 Å². The van der Waals surface area contributed by atoms with Crippen molar-refractivity contribution in [2.45, 2.75) is 58.0 Å². The van der Waals surface area contributed by atoms with E-state index in [9.17, 15) is 13.2 Å². The van der Waals surface area contributed by atoms with Gasteiger partial charge in [-0.05, 0) is 54.0 Å². The zero-order valence-electron chi connectivity index (χ0n) is 20.8. The summed E-state index contributed by atoms with van der Waals surface area (Å²) in [6.45, 7) is 2.83. The van der Waals surface area contributed by atoms with Gasteiger partial charge in [-0.2, -0.15) is 13.2 Å². The number of aryl methyl sites for hydroxylation is 2. The lowest BCUT2D eigenvalue weighted by atomic mass is 9.98. The summed E-state index contributed by atoms with van der Waals surface area (Å²) >= 11 is 0. The highest BCUT2D eigenvalue weighted by molar-refractivity contribution is 5.87. The number of hydrogen-bond acceptors (Lipinski definition) is 3. The predicted molar refractivity (Wildman–Crippen MR) is 138 cm³/mol. The third-order valence-electron chi connectivity index (χ3n) is 6.40. The van der Waals surface area contributed by atoms with Crippen LogP contribution in [0, 0.1) is 5.82 Å². The second-order valence-electron chi connectivity index (χ2n) is 9.17. The fourth-order valence-corrected chi connectivity index (χ4v) is 4.24. The molecule has 194 valence electrons. The lowest BCUT2D eigenvalue weighted by molar-refractivity contribution is -0.137. The van der Waals surface area contributed by atoms with Gasteiger partial charge in [0.25, 0.3) is 0 Å². The second kappa shape index (κ2) is 12.2. The normalized spacial score (nSPS) is 11.7. The minimum Gasteiger partial charge on any atom is -0.490 e. The van der Waals surface area contributed by atoms with Crippen molar-refractivity contribution in [3.8, 4) is 17.1 Å². The van der Waals surface area contributed by atoms with Crippen LogP contribution in [0.5, 0.6) is 5.75 Å². The lowest BCUT2D eigenvalue weighted by Gasteiger charge is -2.10. The van der Waals surface area contributed by atoms with Crippen LogP contribution >= 0.6 is 0 Å². The van der Waals surface area contributed by atoms with Crippen molar-refractivity contribution < 1.29 is 22.3 Å². The zero-order valence-corrected chi connectivity index (χ0v) is 20.8. The average molecular weight is 511 g/mol. The van der Waals surface area contributed by atoms with Crippen molar-refractivity contribution in [3.63, 3.8) is 0 Å². The Balaban J connectivity index is 1.39. The van der Waals surface area contributed by atoms with E-state index in [0.29, 0.717) is 42.0 Å². The number of alkyl halides is 3. The molecule has 0 saturated heterocycles. The summed E-state index contributed by atoms with van der Waals surface area (Å²) in [7, 11) is 0. The van der Waals surface area contributed by atoms with Gasteiger partial charge in [-0.1, -0.05) is 69.0 Å². The Kier molecular flexibility index (Phi) is 8.74. The molecule has 0 aliphatic carbocycles. The molecule has 0 N–H and O–H groups in total. The van der Waals surface area contributed by atoms with Gasteiger partial charge in [0.1, 0.15) is 5.82 Å². The lowest BCUT2D eigenvalue weighted by Crippen LogP contribution is -2.04. The van der Waals surface area contributed by atoms with Crippen molar-refractivity contribution in [1.29, 1.82) is 0 Å². The van der Waals surface area contributed by atoms with E-state index in [4.69, 9.17) is 4.74 Å². The number of aromatic nitrogens is 2. The summed E-state index contributed by atoms with van der Waals surface area (Å²) in [6.07, 6.45) is 5.61. The van der Waals surface area contributed by atoms with E-state index in [1.54, 1.807) is 30.6 Å². The molecule has 0 amide bonds. The van der Waals surface area contributed by atoms with Gasteiger partial charge in [0, 0.05) is 10.9 Å². The molecule has 0 aliphatic rings. The first-order chi connectivity index (χ1) is 17.8. The molecule has 4 rings (SSSR count). The highest BCUT2D eigenvalue weighted by atomic mass is 19.4. The topological polar surface area (TPSA) is 35.0 Å². The molecule has 4 aromatic rings. The molecule has 0 saturated carbocycles. The van der Waals surface area contributed by atoms with Gasteiger partial charge in [0.15, 0.2) is 11.6 Å². The van der Waals surface area contributed by atoms with Crippen molar-refractivity contribution >= 4 is 10.8 Å². The summed E-state index contributed by atoms with van der Waals surface area (Å²) < 4.78 is 59.2. The molecule has 37 heavy (non-hydrogen) atoms. The molecule has 0 aliphatic heterocycles. The molecule has 1 aromatic heterocycles. The Morgan fingerprint density at radius 1 is 0.811 bits per heavy atom. The van der Waals surface area contributed by atoms with Crippen LogP contribution in [0.3, 0.4) is 0 Å². The molecule has 0 spiro atoms. The van der Waals surface area contributed by atoms with Crippen LogP contribution in [0.2, 0.25) is 0 Å². The second-order valence-corrected chi connectivity index (χ2v) is 9.17. The predicted octanol–water partition coefficient (Wildman–Crippen LogP) is 8.59. The maximum atomic E-state index is 15.2. The molecule has 0 bridgehead atoms. The maximum absolute atomic E-state index is 15.2. The number of unbranched alkanes of at least 4 members (excludes halogenated alkanes) is 4. The standard InChI is InChI=1S/C30H30F4N2O/c1-2-3-4-5-6-17-37-26-19-35-29(36-20-26)24-13-16-27-23(18-24)12-11-22(28(27)31)10-7-21-8-14-25(15-9-21)30(32,33)34/h8-9,11-16,18-20H,2-7,10,17H2,1H3. The molecule has 7 heteroatoms. The summed E-state index contributed by atoms with van der Waals surface area (Å²) in [4.78, 5) is 8.82. The van der Waals surface area contributed by atoms with Crippen molar-refractivity contribution in [2.75, 3.05) is 6.61 Å². The monoisotopic (exact) mass is 510 g/mol. The first-order valence-corrected chi connectivity index (χ1v) is 12.7. The van der Waals surface area contributed by atoms with Crippen LogP contribution < -0.4 is 4.74 Å². The average Bonchev–Trinajstić information content (AvgIpc) is 2.90. The van der Waals surface area contributed by atoms with E-state index in [1.807, 2.05) is 12.1 Å². The van der Waals surface area contributed by atoms with Gasteiger partial charge in [0.2, 0.25) is 0 Å². The van der Waals surface area contributed by atoms with Crippen LogP contribution in [-0.2, 0) is 19.0 Å². The summed E-state index contributed by atoms with van der Waals surface area (Å²) in [5, 5.41) is 1.21. The summed E-state index contributed by atoms with van der Waals surface area (Å²) in [5.41, 5.74) is 1.33. The number of halogens is 4. The SMILES string of the molecule is CCCCCCCOc1cnc(-c2ccc3c(F)c(CCc4ccc(C(F)(F)F)cc4)ccc3c2)nc1. The number of nitrogens with zero attached hydrogens (tertiary/aromatic N) is 2. The number of ether oxygens (including phenoxy) is 1. The molecule has 3 aromatic carbocycles. The van der Waals surface area contributed by atoms with Crippen LogP contribution in [0.4, 0.5) is 17.6 Å². The van der Waals surface area contributed by atoms with Crippen LogP contribution in [-0.4, -0.2) is 16.6 Å². The highest BCUT2D eigenvalue weighted by Crippen LogP contribution is 2.30. The molecule has 0 unspecified atom stereocenters. The van der Waals surface area contributed by atoms with Crippen LogP contribution in [0.15, 0.2) is 67.0 Å². The molecule has 3 nitrogen and oxygen atoms in total. The Labute approximate surface area is 214 Å². The van der Waals surface area contributed by atoms with Crippen LogP contribution in [0.1, 0.15) is 55.7 Å². The Bertz CT molecular complexity index is 1300. The third kappa shape index (κ3) is 7.06. The zero-order chi connectivity index (χ0) is 26.3. The summed E-state index contributed by atoms with van der Waals surface area (Å²) in [6, 6.07) is 13.9. The molecule has 1 heterocycles. The molecular weight excluding hydrogens is 480 g/mol. The largest absolute Gasteiger partial charge is 0.490 e. The highest BCUT2D eigenvalue weighted by Gasteiger charge is 2.29. The van der Waals surface area contributed by atoms with Crippen LogP contribution in [0.25, 0.3) is 22.2 Å². The van der Waals surface area contributed by atoms with E-state index >= 15 is 4.39 Å². The van der Waals surface area contributed by atoms with Crippen molar-refractivity contribution in [1.82, 2.24) is 9.97 Å². The Morgan fingerprint density at radius 2 is 1.54 bits per heavy atom. The smallest absolute Gasteiger partial charge is 0.416 e. The molecule has 0 fully saturated rings. The Hall–Kier alpha value is -3.48. The minimum absolute atomic E-state index is 0.320. The van der Waals surface area contributed by atoms with Crippen molar-refractivity contribution in [2.24, 2.45) is 0 Å². The van der Waals surface area contributed by atoms with Gasteiger partial charge in [-0.3, -0.25) is 0 Å². The van der Waals surface area contributed by atoms with Gasteiger partial charge in [-0.15, -0.1) is 0 Å². The number of benzene rings is 3. The fraction of sp³-hybridized carbons (Fsp3) is 0.333. The third-order valence-corrected chi connectivity index (χ3v) is 6.40. The first-order valence-electron chi connectivity index (χ1n) is 12.7. The van der Waals surface area contributed by atoms with Gasteiger partial charge < -0.3 is 4.74 Å². The number of fused-ring (bicyclic) bond motifs is 1. The number of rotatable bonds is 11. The Morgan fingerprint density at radius 3 is 2.24 bits per heavy atom. The van der Waals surface area contributed by atoms with E-state index in [-0.39, 0.29) is 5.82 Å². The van der Waals surface area contributed by atoms with E-state index < -0.39 is 11.7 Å². The molecular formula is C30H30F4N2O. The van der Waals surface area contributed by atoms with Gasteiger partial charge in [-0.25, -0.2) is 14.4 Å². The summed E-state index contributed by atoms with van der Waals surface area (Å²) in [5.74, 6) is 0.840. The van der Waals surface area contributed by atoms with Gasteiger partial charge >= 0.3 is 6.18 Å².